The number of carbonyl (C=O) groups excluding carboxylic acids is 2. The average Bonchev–Trinajstić information content (AvgIpc) is 3.48. The van der Waals surface area contributed by atoms with E-state index in [4.69, 9.17) is 9.47 Å². The Morgan fingerprint density at radius 2 is 1.64 bits per heavy atom. The van der Waals surface area contributed by atoms with E-state index in [0.29, 0.717) is 67.6 Å². The highest BCUT2D eigenvalue weighted by molar-refractivity contribution is 6.10. The maximum Gasteiger partial charge on any atom is 0.227 e. The number of benzene rings is 5. The number of rotatable bonds is 10. The molecule has 3 aliphatic carbocycles. The highest BCUT2D eigenvalue weighted by Crippen LogP contribution is 2.59. The van der Waals surface area contributed by atoms with Crippen LogP contribution in [0.2, 0.25) is 0 Å². The summed E-state index contributed by atoms with van der Waals surface area (Å²) >= 11 is 0. The van der Waals surface area contributed by atoms with Crippen LogP contribution < -0.4 is 9.47 Å². The summed E-state index contributed by atoms with van der Waals surface area (Å²) in [6.45, 7) is 4.42. The van der Waals surface area contributed by atoms with Gasteiger partial charge in [0.05, 0.1) is 38.9 Å². The minimum atomic E-state index is -1.40. The molecule has 4 unspecified atom stereocenters. The molecule has 0 saturated heterocycles. The highest BCUT2D eigenvalue weighted by Gasteiger charge is 2.57. The standard InChI is InChI=1S/C50H53F2NO6/c1-32-9-8-23-49(2)42(40-19-15-33(25-38(54)18-14-32)26-41(40)48(56)36-17-20-43(51)44(52)29-36)22-24-50(49,57)31-53(30-37-12-7-11-35-10-5-6-13-39(35)37)47(55)28-34-16-21-45(58-3)46(27-34)59-4/h5-7,9-13,15-17,19-21,26-27,29,38,42,54,57H,8,14,18,22-25,28,30-31H2,1-4H3. The van der Waals surface area contributed by atoms with Gasteiger partial charge in [0.25, 0.3) is 0 Å². The molecule has 2 bridgehead atoms. The molecule has 7 nitrogen and oxygen atoms in total. The lowest BCUT2D eigenvalue weighted by molar-refractivity contribution is -0.140. The average molecular weight is 802 g/mol. The second-order valence-electron chi connectivity index (χ2n) is 16.7. The molecule has 0 radical (unpaired) electrons. The fourth-order valence-corrected chi connectivity index (χ4v) is 9.45. The number of ether oxygens (including phenoxy) is 2. The lowest BCUT2D eigenvalue weighted by Gasteiger charge is -2.46. The Balaban J connectivity index is 1.31. The molecule has 4 atom stereocenters. The molecule has 0 spiro atoms. The molecular formula is C50H53F2NO6. The van der Waals surface area contributed by atoms with Crippen molar-refractivity contribution in [3.05, 3.63) is 154 Å². The molecule has 308 valence electrons. The van der Waals surface area contributed by atoms with E-state index in [-0.39, 0.29) is 36.9 Å². The van der Waals surface area contributed by atoms with Gasteiger partial charge < -0.3 is 24.6 Å². The first-order valence-electron chi connectivity index (χ1n) is 20.5. The van der Waals surface area contributed by atoms with Gasteiger partial charge in [0, 0.05) is 23.1 Å². The highest BCUT2D eigenvalue weighted by atomic mass is 19.2. The number of hydrogen-bond donors (Lipinski definition) is 2. The summed E-state index contributed by atoms with van der Waals surface area (Å²) in [6.07, 6.45) is 5.18. The third-order valence-electron chi connectivity index (χ3n) is 12.9. The van der Waals surface area contributed by atoms with Gasteiger partial charge in [0.15, 0.2) is 28.9 Å². The van der Waals surface area contributed by atoms with E-state index in [2.05, 4.69) is 19.9 Å². The topological polar surface area (TPSA) is 96.3 Å². The molecule has 1 saturated carbocycles. The zero-order chi connectivity index (χ0) is 41.9. The maximum atomic E-state index is 14.7. The van der Waals surface area contributed by atoms with E-state index in [1.807, 2.05) is 60.7 Å². The number of halogens is 2. The Hall–Kier alpha value is -5.38. The van der Waals surface area contributed by atoms with Crippen molar-refractivity contribution in [2.45, 2.75) is 89.4 Å². The first-order valence-corrected chi connectivity index (χ1v) is 20.5. The molecule has 1 amide bonds. The lowest BCUT2D eigenvalue weighted by atomic mass is 9.64. The fraction of sp³-hybridized carbons (Fsp3) is 0.360. The summed E-state index contributed by atoms with van der Waals surface area (Å²) in [4.78, 5) is 30.9. The van der Waals surface area contributed by atoms with Crippen LogP contribution >= 0.6 is 0 Å². The normalized spacial score (nSPS) is 22.0. The van der Waals surface area contributed by atoms with Gasteiger partial charge in [-0.05, 0) is 127 Å². The third kappa shape index (κ3) is 8.68. The van der Waals surface area contributed by atoms with Crippen LogP contribution in [-0.4, -0.2) is 59.3 Å². The summed E-state index contributed by atoms with van der Waals surface area (Å²) in [5.74, 6) is -2.05. The van der Waals surface area contributed by atoms with Crippen molar-refractivity contribution in [3.63, 3.8) is 0 Å². The predicted molar refractivity (Wildman–Crippen MR) is 226 cm³/mol. The number of methoxy groups -OCH3 is 2. The Kier molecular flexibility index (Phi) is 12.4. The van der Waals surface area contributed by atoms with Crippen LogP contribution in [-0.2, 0) is 24.2 Å². The van der Waals surface area contributed by atoms with Crippen LogP contribution in [0, 0.1) is 17.0 Å². The summed E-state index contributed by atoms with van der Waals surface area (Å²) in [7, 11) is 3.12. The Bertz CT molecular complexity index is 2390. The van der Waals surface area contributed by atoms with Crippen molar-refractivity contribution in [2.24, 2.45) is 5.41 Å². The van der Waals surface area contributed by atoms with Gasteiger partial charge in [-0.1, -0.05) is 79.2 Å². The number of ketones is 1. The minimum Gasteiger partial charge on any atom is -0.493 e. The van der Waals surface area contributed by atoms with Gasteiger partial charge in [0.1, 0.15) is 0 Å². The van der Waals surface area contributed by atoms with Crippen LogP contribution in [0.25, 0.3) is 10.8 Å². The first-order chi connectivity index (χ1) is 28.3. The Morgan fingerprint density at radius 1 is 0.864 bits per heavy atom. The van der Waals surface area contributed by atoms with E-state index in [9.17, 15) is 28.6 Å². The largest absolute Gasteiger partial charge is 0.493 e. The van der Waals surface area contributed by atoms with Crippen molar-refractivity contribution in [3.8, 4) is 11.5 Å². The van der Waals surface area contributed by atoms with E-state index in [1.54, 1.807) is 37.3 Å². The zero-order valence-corrected chi connectivity index (χ0v) is 34.3. The summed E-state index contributed by atoms with van der Waals surface area (Å²) in [5.41, 5.74) is 2.39. The predicted octanol–water partition coefficient (Wildman–Crippen LogP) is 9.68. The van der Waals surface area contributed by atoms with Crippen molar-refractivity contribution < 1.29 is 38.1 Å². The zero-order valence-electron chi connectivity index (χ0n) is 34.3. The van der Waals surface area contributed by atoms with Gasteiger partial charge in [0.2, 0.25) is 5.91 Å². The summed E-state index contributed by atoms with van der Waals surface area (Å²) in [6, 6.07) is 28.3. The van der Waals surface area contributed by atoms with Crippen LogP contribution in [0.3, 0.4) is 0 Å². The molecule has 59 heavy (non-hydrogen) atoms. The van der Waals surface area contributed by atoms with Crippen LogP contribution in [0.1, 0.15) is 96.5 Å². The lowest BCUT2D eigenvalue weighted by Crippen LogP contribution is -2.53. The van der Waals surface area contributed by atoms with E-state index in [0.717, 1.165) is 45.2 Å². The molecule has 0 aromatic heterocycles. The van der Waals surface area contributed by atoms with Gasteiger partial charge >= 0.3 is 0 Å². The minimum absolute atomic E-state index is 0.0134. The SMILES string of the molecule is COc1ccc(CC(=O)N(Cc2cccc3ccccc23)CC2(O)CCC3c4ccc(cc4C(=O)c4ccc(F)c(F)c4)CC(O)CCC(C)=CCCC32C)cc1OC. The van der Waals surface area contributed by atoms with Crippen molar-refractivity contribution in [2.75, 3.05) is 20.8 Å². The Morgan fingerprint density at radius 3 is 2.42 bits per heavy atom. The van der Waals surface area contributed by atoms with Crippen molar-refractivity contribution >= 4 is 22.5 Å². The monoisotopic (exact) mass is 801 g/mol. The number of allylic oxidation sites excluding steroid dienone is 2. The van der Waals surface area contributed by atoms with Crippen molar-refractivity contribution in [1.29, 1.82) is 0 Å². The smallest absolute Gasteiger partial charge is 0.227 e. The molecule has 1 fully saturated rings. The van der Waals surface area contributed by atoms with Crippen molar-refractivity contribution in [1.82, 2.24) is 4.90 Å². The van der Waals surface area contributed by atoms with E-state index >= 15 is 0 Å². The van der Waals surface area contributed by atoms with Crippen LogP contribution in [0.15, 0.2) is 109 Å². The molecule has 0 heterocycles. The molecule has 9 heteroatoms. The maximum absolute atomic E-state index is 14.7. The van der Waals surface area contributed by atoms with Gasteiger partial charge in [-0.3, -0.25) is 9.59 Å². The number of fused-ring (bicyclic) bond motifs is 9. The number of aliphatic hydroxyl groups is 2. The van der Waals surface area contributed by atoms with Gasteiger partial charge in [-0.2, -0.15) is 0 Å². The quantitative estimate of drug-likeness (QED) is 0.108. The third-order valence-corrected chi connectivity index (χ3v) is 12.9. The summed E-state index contributed by atoms with van der Waals surface area (Å²) < 4.78 is 39.6. The molecule has 5 aromatic carbocycles. The fourth-order valence-electron chi connectivity index (χ4n) is 9.45. The molecule has 5 aromatic rings. The molecular weight excluding hydrogens is 749 g/mol. The summed E-state index contributed by atoms with van der Waals surface area (Å²) in [5, 5.41) is 26.3. The number of aliphatic hydroxyl groups excluding tert-OH is 1. The molecule has 8 rings (SSSR count). The van der Waals surface area contributed by atoms with Gasteiger partial charge in [-0.25, -0.2) is 8.78 Å². The molecule has 2 N–H and O–H groups in total. The molecule has 3 aliphatic rings. The second kappa shape index (κ2) is 17.5. The van der Waals surface area contributed by atoms with Crippen LogP contribution in [0.4, 0.5) is 8.78 Å². The Labute approximate surface area is 345 Å². The second-order valence-corrected chi connectivity index (χ2v) is 16.7. The van der Waals surface area contributed by atoms with E-state index in [1.165, 1.54) is 6.07 Å². The molecule has 0 aliphatic heterocycles. The number of amides is 1. The van der Waals surface area contributed by atoms with Gasteiger partial charge in [-0.15, -0.1) is 0 Å². The number of carbonyl (C=O) groups is 2. The first kappa shape index (κ1) is 41.8. The van der Waals surface area contributed by atoms with Crippen LogP contribution in [0.5, 0.6) is 11.5 Å². The number of hydrogen-bond acceptors (Lipinski definition) is 6. The van der Waals surface area contributed by atoms with E-state index < -0.39 is 34.5 Å². The number of nitrogens with zero attached hydrogens (tertiary/aromatic N) is 1.